The Kier molecular flexibility index (Phi) is 14.1. The molecule has 2 atom stereocenters. The molecule has 1 aliphatic rings. The first kappa shape index (κ1) is 36.4. The van der Waals surface area contributed by atoms with E-state index in [9.17, 15) is 9.59 Å². The van der Waals surface area contributed by atoms with Gasteiger partial charge >= 0.3 is 12.1 Å². The second-order valence-electron chi connectivity index (χ2n) is 13.4. The largest absolute Gasteiger partial charge is 0.338 e. The molecule has 7 nitrogen and oxygen atoms in total. The Morgan fingerprint density at radius 2 is 1.16 bits per heavy atom. The summed E-state index contributed by atoms with van der Waals surface area (Å²) in [6, 6.07) is 40.9. The van der Waals surface area contributed by atoms with Crippen LogP contribution in [0.1, 0.15) is 60.3 Å². The first-order valence-corrected chi connectivity index (χ1v) is 18.1. The second kappa shape index (κ2) is 19.3. The summed E-state index contributed by atoms with van der Waals surface area (Å²) in [4.78, 5) is 31.4. The lowest BCUT2D eigenvalue weighted by Crippen LogP contribution is -2.56. The first-order chi connectivity index (χ1) is 24.5. The van der Waals surface area contributed by atoms with E-state index < -0.39 is 0 Å². The lowest BCUT2D eigenvalue weighted by Gasteiger charge is -2.39. The van der Waals surface area contributed by atoms with Crippen LogP contribution in [0.4, 0.5) is 9.59 Å². The normalized spacial score (nSPS) is 15.6. The summed E-state index contributed by atoms with van der Waals surface area (Å²) in [5.41, 5.74) is 12.2. The number of carbonyl (C=O) groups is 2. The van der Waals surface area contributed by atoms with Gasteiger partial charge in [-0.2, -0.15) is 0 Å². The maximum Gasteiger partial charge on any atom is 0.318 e. The number of amides is 4. The lowest BCUT2D eigenvalue weighted by atomic mass is 9.88. The van der Waals surface area contributed by atoms with Gasteiger partial charge in [0, 0.05) is 50.7 Å². The number of nitrogens with one attached hydrogen (secondary N) is 2. The molecule has 0 unspecified atom stereocenters. The van der Waals surface area contributed by atoms with Crippen molar-refractivity contribution >= 4 is 12.1 Å². The molecule has 0 spiro atoms. The average molecular weight is 672 g/mol. The molecule has 4 N–H and O–H groups in total. The number of hydrogen-bond donors (Lipinski definition) is 3. The van der Waals surface area contributed by atoms with Crippen molar-refractivity contribution in [2.75, 3.05) is 32.7 Å². The van der Waals surface area contributed by atoms with Crippen LogP contribution in [-0.2, 0) is 12.8 Å². The zero-order chi connectivity index (χ0) is 35.0. The number of hydrogen-bond acceptors (Lipinski definition) is 3. The van der Waals surface area contributed by atoms with Crippen LogP contribution in [0.2, 0.25) is 0 Å². The third kappa shape index (κ3) is 11.1. The fourth-order valence-corrected chi connectivity index (χ4v) is 6.99. The molecule has 0 heterocycles. The quantitative estimate of drug-likeness (QED) is 0.108. The van der Waals surface area contributed by atoms with Gasteiger partial charge in [0.05, 0.1) is 0 Å². The van der Waals surface area contributed by atoms with E-state index in [2.05, 4.69) is 90.0 Å². The minimum atomic E-state index is -0.129. The molecule has 50 heavy (non-hydrogen) atoms. The standard InChI is InChI=1S/C43H53N5O2/c1-34(33-48(41-25-15-14-24-40(41)44)43(50)46-30-27-36-18-8-3-9-19-36)32-47(42(49)45-29-26-35-16-6-2-7-17-35)31-28-39(37-20-10-4-11-21-37)38-22-12-5-13-23-38/h2-13,16-23,39-41H,1,14-15,24-33,44H2,(H,45,49)(H,46,50)/t40-,41+/m0/s1. The third-order valence-corrected chi connectivity index (χ3v) is 9.70. The van der Waals surface area contributed by atoms with E-state index in [1.807, 2.05) is 58.3 Å². The van der Waals surface area contributed by atoms with Gasteiger partial charge in [0.25, 0.3) is 0 Å². The van der Waals surface area contributed by atoms with E-state index in [0.29, 0.717) is 32.7 Å². The van der Waals surface area contributed by atoms with E-state index in [1.54, 1.807) is 0 Å². The number of rotatable bonds is 16. The molecule has 1 aliphatic carbocycles. The number of urea groups is 2. The van der Waals surface area contributed by atoms with Crippen LogP contribution >= 0.6 is 0 Å². The first-order valence-electron chi connectivity index (χ1n) is 18.1. The summed E-state index contributed by atoms with van der Waals surface area (Å²) in [6.07, 6.45) is 6.09. The van der Waals surface area contributed by atoms with Crippen molar-refractivity contribution < 1.29 is 9.59 Å². The molecule has 1 fully saturated rings. The van der Waals surface area contributed by atoms with E-state index in [1.165, 1.54) is 22.3 Å². The molecule has 4 aromatic rings. The van der Waals surface area contributed by atoms with Gasteiger partial charge in [-0.05, 0) is 59.9 Å². The minimum absolute atomic E-state index is 0.0779. The molecule has 0 radical (unpaired) electrons. The highest BCUT2D eigenvalue weighted by molar-refractivity contribution is 5.76. The molecule has 7 heteroatoms. The van der Waals surface area contributed by atoms with Crippen molar-refractivity contribution in [3.63, 3.8) is 0 Å². The topological polar surface area (TPSA) is 90.7 Å². The van der Waals surface area contributed by atoms with Gasteiger partial charge in [0.15, 0.2) is 0 Å². The average Bonchev–Trinajstić information content (AvgIpc) is 3.15. The summed E-state index contributed by atoms with van der Waals surface area (Å²) in [5.74, 6) is 0.123. The molecule has 4 amide bonds. The zero-order valence-corrected chi connectivity index (χ0v) is 29.3. The van der Waals surface area contributed by atoms with Crippen LogP contribution in [0.5, 0.6) is 0 Å². The van der Waals surface area contributed by atoms with Crippen molar-refractivity contribution in [1.29, 1.82) is 0 Å². The number of carbonyl (C=O) groups excluding carboxylic acids is 2. The van der Waals surface area contributed by atoms with Crippen LogP contribution in [0.3, 0.4) is 0 Å². The molecule has 0 aliphatic heterocycles. The fraction of sp³-hybridized carbons (Fsp3) is 0.349. The number of benzene rings is 4. The zero-order valence-electron chi connectivity index (χ0n) is 29.3. The van der Waals surface area contributed by atoms with Gasteiger partial charge < -0.3 is 26.2 Å². The van der Waals surface area contributed by atoms with Gasteiger partial charge in [-0.25, -0.2) is 9.59 Å². The smallest absolute Gasteiger partial charge is 0.318 e. The van der Waals surface area contributed by atoms with Crippen LogP contribution in [0.25, 0.3) is 0 Å². The van der Waals surface area contributed by atoms with Crippen molar-refractivity contribution in [2.45, 2.75) is 62.9 Å². The molecular weight excluding hydrogens is 619 g/mol. The van der Waals surface area contributed by atoms with Crippen molar-refractivity contribution in [3.05, 3.63) is 156 Å². The number of nitrogens with two attached hydrogens (primary N) is 1. The van der Waals surface area contributed by atoms with Crippen LogP contribution < -0.4 is 16.4 Å². The Hall–Kier alpha value is -4.88. The summed E-state index contributed by atoms with van der Waals surface area (Å²) in [7, 11) is 0. The summed E-state index contributed by atoms with van der Waals surface area (Å²) in [5, 5.41) is 6.31. The van der Waals surface area contributed by atoms with Gasteiger partial charge in [0.2, 0.25) is 0 Å². The van der Waals surface area contributed by atoms with Gasteiger partial charge in [0.1, 0.15) is 0 Å². The maximum atomic E-state index is 13.9. The molecule has 5 rings (SSSR count). The van der Waals surface area contributed by atoms with E-state index in [0.717, 1.165) is 50.5 Å². The Labute approximate surface area is 298 Å². The van der Waals surface area contributed by atoms with Crippen molar-refractivity contribution in [1.82, 2.24) is 20.4 Å². The SMILES string of the molecule is C=C(CN(CCC(c1ccccc1)c1ccccc1)C(=O)NCCc1ccccc1)CN(C(=O)NCCc1ccccc1)[C@@H]1CCCC[C@@H]1N. The van der Waals surface area contributed by atoms with Crippen LogP contribution in [-0.4, -0.2) is 66.7 Å². The molecular formula is C43H53N5O2. The van der Waals surface area contributed by atoms with Crippen molar-refractivity contribution in [3.8, 4) is 0 Å². The Morgan fingerprint density at radius 1 is 0.680 bits per heavy atom. The predicted octanol–water partition coefficient (Wildman–Crippen LogP) is 7.54. The molecule has 0 aromatic heterocycles. The van der Waals surface area contributed by atoms with E-state index >= 15 is 0 Å². The fourth-order valence-electron chi connectivity index (χ4n) is 6.99. The summed E-state index contributed by atoms with van der Waals surface area (Å²) < 4.78 is 0. The Morgan fingerprint density at radius 3 is 1.68 bits per heavy atom. The monoisotopic (exact) mass is 671 g/mol. The van der Waals surface area contributed by atoms with Gasteiger partial charge in [-0.3, -0.25) is 0 Å². The van der Waals surface area contributed by atoms with E-state index in [-0.39, 0.29) is 30.1 Å². The highest BCUT2D eigenvalue weighted by Crippen LogP contribution is 2.28. The molecule has 262 valence electrons. The third-order valence-electron chi connectivity index (χ3n) is 9.70. The van der Waals surface area contributed by atoms with E-state index in [4.69, 9.17) is 5.73 Å². The van der Waals surface area contributed by atoms with Crippen molar-refractivity contribution in [2.24, 2.45) is 5.73 Å². The highest BCUT2D eigenvalue weighted by atomic mass is 16.2. The molecule has 4 aromatic carbocycles. The summed E-state index contributed by atoms with van der Waals surface area (Å²) in [6.45, 7) is 6.69. The molecule has 1 saturated carbocycles. The summed E-state index contributed by atoms with van der Waals surface area (Å²) >= 11 is 0. The molecule has 0 saturated heterocycles. The highest BCUT2D eigenvalue weighted by Gasteiger charge is 2.31. The Bertz CT molecular complexity index is 1560. The second-order valence-corrected chi connectivity index (χ2v) is 13.4. The maximum absolute atomic E-state index is 13.9. The molecule has 0 bridgehead atoms. The number of nitrogens with zero attached hydrogens (tertiary/aromatic N) is 2. The van der Waals surface area contributed by atoms with Gasteiger partial charge in [-0.1, -0.05) is 141 Å². The lowest BCUT2D eigenvalue weighted by molar-refractivity contribution is 0.149. The van der Waals surface area contributed by atoms with Crippen LogP contribution in [0.15, 0.2) is 133 Å². The van der Waals surface area contributed by atoms with Crippen LogP contribution in [0, 0.1) is 0 Å². The predicted molar refractivity (Wildman–Crippen MR) is 204 cm³/mol. The Balaban J connectivity index is 1.29. The van der Waals surface area contributed by atoms with Gasteiger partial charge in [-0.15, -0.1) is 0 Å². The minimum Gasteiger partial charge on any atom is -0.338 e.